The molecular formula is C4H6Cl2N2. The summed E-state index contributed by atoms with van der Waals surface area (Å²) in [6, 6.07) is 0.486. The monoisotopic (exact) mass is 152 g/mol. The normalized spacial score (nSPS) is 8.12. The Morgan fingerprint density at radius 1 is 1.62 bits per heavy atom. The predicted octanol–water partition coefficient (Wildman–Crippen LogP) is 1.50. The molecule has 0 aliphatic carbocycles. The molecule has 0 aliphatic rings. The zero-order valence-corrected chi connectivity index (χ0v) is 5.69. The van der Waals surface area contributed by atoms with E-state index in [9.17, 15) is 0 Å². The van der Waals surface area contributed by atoms with Crippen LogP contribution >= 0.6 is 24.0 Å². The van der Waals surface area contributed by atoms with Crippen LogP contribution in [-0.4, -0.2) is 9.55 Å². The molecule has 1 heterocycles. The van der Waals surface area contributed by atoms with Crippen molar-refractivity contribution in [3.63, 3.8) is 0 Å². The molecule has 0 aliphatic heterocycles. The van der Waals surface area contributed by atoms with Crippen molar-refractivity contribution < 1.29 is 0 Å². The van der Waals surface area contributed by atoms with Crippen molar-refractivity contribution in [2.45, 2.75) is 6.00 Å². The van der Waals surface area contributed by atoms with Gasteiger partial charge in [0.2, 0.25) is 0 Å². The summed E-state index contributed by atoms with van der Waals surface area (Å²) in [6.45, 7) is 0. The molecule has 0 atom stereocenters. The fraction of sp³-hybridized carbons (Fsp3) is 0.250. The zero-order chi connectivity index (χ0) is 5.11. The van der Waals surface area contributed by atoms with Crippen molar-refractivity contribution in [1.82, 2.24) is 9.55 Å². The van der Waals surface area contributed by atoms with E-state index in [1.807, 2.05) is 6.20 Å². The van der Waals surface area contributed by atoms with Gasteiger partial charge in [0.1, 0.15) is 0 Å². The molecule has 2 nitrogen and oxygen atoms in total. The molecule has 0 fully saturated rings. The smallest absolute Gasteiger partial charge is 0.0980 e. The third-order valence-electron chi connectivity index (χ3n) is 0.697. The Balaban J connectivity index is 0.000000490. The van der Waals surface area contributed by atoms with Gasteiger partial charge in [-0.05, 0) is 0 Å². The highest BCUT2D eigenvalue weighted by atomic mass is 35.5. The molecule has 1 rings (SSSR count). The van der Waals surface area contributed by atoms with Gasteiger partial charge in [-0.3, -0.25) is 0 Å². The van der Waals surface area contributed by atoms with Crippen molar-refractivity contribution in [3.8, 4) is 0 Å². The van der Waals surface area contributed by atoms with Gasteiger partial charge in [0.25, 0.3) is 0 Å². The SMILES string of the molecule is Cl.ClCn1ccnc1. The van der Waals surface area contributed by atoms with Crippen LogP contribution in [0.2, 0.25) is 0 Å². The predicted molar refractivity (Wildman–Crippen MR) is 35.3 cm³/mol. The van der Waals surface area contributed by atoms with Crippen molar-refractivity contribution in [1.29, 1.82) is 0 Å². The van der Waals surface area contributed by atoms with E-state index in [-0.39, 0.29) is 12.4 Å². The molecule has 0 bridgehead atoms. The molecule has 0 aromatic carbocycles. The fourth-order valence-corrected chi connectivity index (χ4v) is 0.499. The summed E-state index contributed by atoms with van der Waals surface area (Å²) in [5, 5.41) is 0. The van der Waals surface area contributed by atoms with E-state index >= 15 is 0 Å². The molecule has 8 heavy (non-hydrogen) atoms. The molecule has 1 aromatic heterocycles. The van der Waals surface area contributed by atoms with E-state index in [1.54, 1.807) is 17.1 Å². The minimum absolute atomic E-state index is 0. The van der Waals surface area contributed by atoms with Crippen LogP contribution in [0.25, 0.3) is 0 Å². The highest BCUT2D eigenvalue weighted by Crippen LogP contribution is 1.86. The second-order valence-corrected chi connectivity index (χ2v) is 1.44. The molecule has 0 amide bonds. The largest absolute Gasteiger partial charge is 0.323 e. The zero-order valence-electron chi connectivity index (χ0n) is 4.12. The van der Waals surface area contributed by atoms with Crippen LogP contribution in [0.1, 0.15) is 0 Å². The van der Waals surface area contributed by atoms with Gasteiger partial charge in [-0.2, -0.15) is 0 Å². The van der Waals surface area contributed by atoms with Crippen LogP contribution in [0.5, 0.6) is 0 Å². The van der Waals surface area contributed by atoms with Crippen molar-refractivity contribution in [3.05, 3.63) is 18.7 Å². The molecule has 0 saturated carbocycles. The molecular weight excluding hydrogens is 147 g/mol. The van der Waals surface area contributed by atoms with E-state index in [1.165, 1.54) is 0 Å². The van der Waals surface area contributed by atoms with Crippen LogP contribution in [0, 0.1) is 0 Å². The molecule has 46 valence electrons. The lowest BCUT2D eigenvalue weighted by molar-refractivity contribution is 0.881. The Labute approximate surface area is 58.9 Å². The topological polar surface area (TPSA) is 17.8 Å². The van der Waals surface area contributed by atoms with Crippen LogP contribution in [0.15, 0.2) is 18.7 Å². The number of hydrogen-bond donors (Lipinski definition) is 0. The Hall–Kier alpha value is -0.210. The van der Waals surface area contributed by atoms with Gasteiger partial charge in [0.05, 0.1) is 12.3 Å². The number of aromatic nitrogens is 2. The standard InChI is InChI=1S/C4H5ClN2.ClH/c5-3-7-2-1-6-4-7;/h1-2,4H,3H2;1H. The average molecular weight is 153 g/mol. The molecule has 4 heteroatoms. The summed E-state index contributed by atoms with van der Waals surface area (Å²) in [7, 11) is 0. The number of imidazole rings is 1. The van der Waals surface area contributed by atoms with Gasteiger partial charge in [-0.15, -0.1) is 24.0 Å². The summed E-state index contributed by atoms with van der Waals surface area (Å²) in [5.41, 5.74) is 0. The first kappa shape index (κ1) is 7.79. The average Bonchev–Trinajstić information content (AvgIpc) is 2.14. The molecule has 0 spiro atoms. The van der Waals surface area contributed by atoms with Gasteiger partial charge < -0.3 is 4.57 Å². The quantitative estimate of drug-likeness (QED) is 0.559. The van der Waals surface area contributed by atoms with Gasteiger partial charge in [-0.1, -0.05) is 0 Å². The number of rotatable bonds is 1. The van der Waals surface area contributed by atoms with Crippen LogP contribution in [0.4, 0.5) is 0 Å². The first-order chi connectivity index (χ1) is 3.43. The lowest BCUT2D eigenvalue weighted by Gasteiger charge is -1.85. The minimum Gasteiger partial charge on any atom is -0.323 e. The van der Waals surface area contributed by atoms with E-state index in [0.29, 0.717) is 6.00 Å². The minimum atomic E-state index is 0. The van der Waals surface area contributed by atoms with Crippen LogP contribution < -0.4 is 0 Å². The van der Waals surface area contributed by atoms with E-state index in [4.69, 9.17) is 11.6 Å². The highest BCUT2D eigenvalue weighted by molar-refractivity contribution is 6.15. The second kappa shape index (κ2) is 3.75. The van der Waals surface area contributed by atoms with Crippen LogP contribution in [0.3, 0.4) is 0 Å². The molecule has 1 aromatic rings. The summed E-state index contributed by atoms with van der Waals surface area (Å²) in [4.78, 5) is 3.77. The third-order valence-corrected chi connectivity index (χ3v) is 0.973. The first-order valence-electron chi connectivity index (χ1n) is 1.95. The number of alkyl halides is 1. The summed E-state index contributed by atoms with van der Waals surface area (Å²) in [5.74, 6) is 0. The van der Waals surface area contributed by atoms with E-state index in [2.05, 4.69) is 4.98 Å². The Kier molecular flexibility index (Phi) is 3.65. The maximum atomic E-state index is 5.39. The van der Waals surface area contributed by atoms with Crippen molar-refractivity contribution in [2.24, 2.45) is 0 Å². The summed E-state index contributed by atoms with van der Waals surface area (Å²) < 4.78 is 1.78. The Morgan fingerprint density at radius 3 is 2.62 bits per heavy atom. The maximum Gasteiger partial charge on any atom is 0.0980 e. The van der Waals surface area contributed by atoms with Crippen LogP contribution in [-0.2, 0) is 6.00 Å². The van der Waals surface area contributed by atoms with Crippen molar-refractivity contribution >= 4 is 24.0 Å². The molecule has 0 unspecified atom stereocenters. The third kappa shape index (κ3) is 1.72. The van der Waals surface area contributed by atoms with Gasteiger partial charge in [0, 0.05) is 12.4 Å². The maximum absolute atomic E-state index is 5.39. The first-order valence-corrected chi connectivity index (χ1v) is 2.48. The van der Waals surface area contributed by atoms with Gasteiger partial charge in [0.15, 0.2) is 0 Å². The van der Waals surface area contributed by atoms with E-state index in [0.717, 1.165) is 0 Å². The second-order valence-electron chi connectivity index (χ2n) is 1.20. The highest BCUT2D eigenvalue weighted by Gasteiger charge is 1.78. The molecule has 0 N–H and O–H groups in total. The number of nitrogens with zero attached hydrogens (tertiary/aromatic N) is 2. The Morgan fingerprint density at radius 2 is 2.38 bits per heavy atom. The van der Waals surface area contributed by atoms with Gasteiger partial charge in [-0.25, -0.2) is 4.98 Å². The number of halogens is 2. The number of hydrogen-bond acceptors (Lipinski definition) is 1. The lowest BCUT2D eigenvalue weighted by Crippen LogP contribution is -1.83. The van der Waals surface area contributed by atoms with Crippen molar-refractivity contribution in [2.75, 3.05) is 0 Å². The molecule has 0 radical (unpaired) electrons. The van der Waals surface area contributed by atoms with E-state index < -0.39 is 0 Å². The lowest BCUT2D eigenvalue weighted by atomic mass is 10.9. The van der Waals surface area contributed by atoms with Gasteiger partial charge >= 0.3 is 0 Å². The fourth-order valence-electron chi connectivity index (χ4n) is 0.357. The Bertz CT molecular complexity index is 127. The molecule has 0 saturated heterocycles. The summed E-state index contributed by atoms with van der Waals surface area (Å²) >= 11 is 5.39. The summed E-state index contributed by atoms with van der Waals surface area (Å²) in [6.07, 6.45) is 5.18.